The van der Waals surface area contributed by atoms with Gasteiger partial charge in [0.1, 0.15) is 5.75 Å². The van der Waals surface area contributed by atoms with Gasteiger partial charge >= 0.3 is 37.9 Å². The summed E-state index contributed by atoms with van der Waals surface area (Å²) in [5.41, 5.74) is 0.985. The molecule has 126 valence electrons. The fourth-order valence-corrected chi connectivity index (χ4v) is 4.88. The Hall–Kier alpha value is 0.620. The van der Waals surface area contributed by atoms with Crippen molar-refractivity contribution in [3.63, 3.8) is 0 Å². The minimum absolute atomic E-state index is 0.0404. The van der Waals surface area contributed by atoms with Gasteiger partial charge in [0.05, 0.1) is 0 Å². The molecule has 0 saturated heterocycles. The normalized spacial score (nSPS) is 12.2. The molecule has 1 aromatic carbocycles. The van der Waals surface area contributed by atoms with E-state index >= 15 is 0 Å². The van der Waals surface area contributed by atoms with Crippen molar-refractivity contribution in [2.24, 2.45) is 0 Å². The number of para-hydroxylation sites is 1. The van der Waals surface area contributed by atoms with Crippen LogP contribution < -0.4 is 5.19 Å². The van der Waals surface area contributed by atoms with Gasteiger partial charge in [-0.15, -0.1) is 0 Å². The van der Waals surface area contributed by atoms with Crippen molar-refractivity contribution in [3.8, 4) is 5.75 Å². The number of phenols is 1. The van der Waals surface area contributed by atoms with Crippen molar-refractivity contribution in [2.45, 2.75) is 39.3 Å². The second-order valence-electron chi connectivity index (χ2n) is 6.95. The second-order valence-corrected chi connectivity index (χ2v) is 15.0. The Kier molecular flexibility index (Phi) is 9.45. The first-order chi connectivity index (χ1) is 9.91. The third-order valence-electron chi connectivity index (χ3n) is 3.91. The topological polar surface area (TPSA) is 26.7 Å². The molecule has 0 radical (unpaired) electrons. The first-order valence-electron chi connectivity index (χ1n) is 7.11. The number of rotatable bonds is 3. The van der Waals surface area contributed by atoms with Crippen molar-refractivity contribution < 1.29 is 26.0 Å². The van der Waals surface area contributed by atoms with Gasteiger partial charge in [-0.25, -0.2) is 0 Å². The molecular formula is C15H28Cl2N2OSiZr. The Bertz CT molecular complexity index is 479. The van der Waals surface area contributed by atoms with E-state index in [-0.39, 0.29) is 5.41 Å². The van der Waals surface area contributed by atoms with Gasteiger partial charge in [-0.1, -0.05) is 52.1 Å². The fourth-order valence-electron chi connectivity index (χ4n) is 2.32. The van der Waals surface area contributed by atoms with Gasteiger partial charge in [0.2, 0.25) is 0 Å². The number of benzene rings is 1. The van der Waals surface area contributed by atoms with Crippen molar-refractivity contribution in [1.82, 2.24) is 9.68 Å². The summed E-state index contributed by atoms with van der Waals surface area (Å²) in [4.78, 5) is 0. The Labute approximate surface area is 155 Å². The summed E-state index contributed by atoms with van der Waals surface area (Å²) in [6.45, 7) is 10.9. The van der Waals surface area contributed by atoms with E-state index in [9.17, 15) is 5.11 Å². The molecule has 0 aliphatic carbocycles. The summed E-state index contributed by atoms with van der Waals surface area (Å²) in [5, 5.41) is 13.9. The van der Waals surface area contributed by atoms with Crippen molar-refractivity contribution in [3.05, 3.63) is 23.8 Å². The van der Waals surface area contributed by atoms with E-state index in [0.717, 1.165) is 10.8 Å². The van der Waals surface area contributed by atoms with Crippen LogP contribution in [0.2, 0.25) is 13.1 Å². The molecule has 0 aliphatic rings. The molecule has 22 heavy (non-hydrogen) atoms. The predicted octanol–water partition coefficient (Wildman–Crippen LogP) is 3.89. The van der Waals surface area contributed by atoms with Crippen LogP contribution in [0.15, 0.2) is 18.2 Å². The summed E-state index contributed by atoms with van der Waals surface area (Å²) >= 11 is -0.826. The molecule has 0 spiro atoms. The molecule has 0 bridgehead atoms. The zero-order valence-corrected chi connectivity index (χ0v) is 19.8. The quantitative estimate of drug-likeness (QED) is 0.568. The van der Waals surface area contributed by atoms with Crippen LogP contribution in [0.1, 0.15) is 26.3 Å². The molecule has 1 rings (SSSR count). The summed E-state index contributed by atoms with van der Waals surface area (Å²) in [7, 11) is 14.2. The van der Waals surface area contributed by atoms with Crippen LogP contribution in [0.5, 0.6) is 5.75 Å². The standard InChI is InChI=1S/C15H28N2OSi.2ClH.Zr/c1-15(2,3)12-10-9-11-13(14(12)18)19(7,8)17(6)16(4)5;;;/h9-11,18H,1-8H3;2*1H;/q;;;+2/p-2. The maximum atomic E-state index is 10.7. The monoisotopic (exact) mass is 440 g/mol. The molecule has 7 heteroatoms. The van der Waals surface area contributed by atoms with Gasteiger partial charge in [0, 0.05) is 14.1 Å². The van der Waals surface area contributed by atoms with Gasteiger partial charge in [-0.05, 0) is 23.2 Å². The number of aromatic hydroxyl groups is 1. The molecular weight excluding hydrogens is 414 g/mol. The summed E-state index contributed by atoms with van der Waals surface area (Å²) in [6, 6.07) is 6.16. The van der Waals surface area contributed by atoms with Crippen LogP contribution in [0.25, 0.3) is 0 Å². The molecule has 0 atom stereocenters. The molecule has 0 aliphatic heterocycles. The molecule has 0 fully saturated rings. The number of hydrazine groups is 1. The van der Waals surface area contributed by atoms with Gasteiger partial charge in [0.25, 0.3) is 0 Å². The third kappa shape index (κ3) is 5.92. The Morgan fingerprint density at radius 2 is 1.55 bits per heavy atom. The van der Waals surface area contributed by atoms with Crippen molar-refractivity contribution in [2.75, 3.05) is 21.1 Å². The van der Waals surface area contributed by atoms with E-state index in [1.807, 2.05) is 20.2 Å². The first-order valence-corrected chi connectivity index (χ1v) is 16.4. The average Bonchev–Trinajstić information content (AvgIpc) is 2.37. The number of phenolic OH excluding ortho intramolecular Hbond substituents is 1. The summed E-state index contributed by atoms with van der Waals surface area (Å²) < 4.78 is 2.26. The van der Waals surface area contributed by atoms with E-state index in [1.165, 1.54) is 0 Å². The number of hydrogen-bond donors (Lipinski definition) is 1. The second kappa shape index (κ2) is 9.19. The Balaban J connectivity index is 0.00000135. The van der Waals surface area contributed by atoms with Gasteiger partial charge < -0.3 is 5.11 Å². The molecule has 0 saturated carbocycles. The first kappa shape index (κ1) is 22.6. The van der Waals surface area contributed by atoms with Crippen LogP contribution in [-0.2, 0) is 26.3 Å². The van der Waals surface area contributed by atoms with Crippen LogP contribution in [0, 0.1) is 0 Å². The summed E-state index contributed by atoms with van der Waals surface area (Å²) in [5.74, 6) is 0.473. The van der Waals surface area contributed by atoms with Gasteiger partial charge in [-0.3, -0.25) is 9.68 Å². The van der Waals surface area contributed by atoms with E-state index in [2.05, 4.69) is 62.7 Å². The van der Waals surface area contributed by atoms with Crippen LogP contribution in [-0.4, -0.2) is 44.2 Å². The van der Waals surface area contributed by atoms with Crippen LogP contribution in [0.3, 0.4) is 0 Å². The van der Waals surface area contributed by atoms with E-state index in [0.29, 0.717) is 5.75 Å². The molecule has 0 amide bonds. The molecule has 3 nitrogen and oxygen atoms in total. The van der Waals surface area contributed by atoms with Gasteiger partial charge in [0.15, 0.2) is 8.24 Å². The molecule has 1 N–H and O–H groups in total. The average molecular weight is 443 g/mol. The van der Waals surface area contributed by atoms with Crippen LogP contribution >= 0.6 is 17.0 Å². The Morgan fingerprint density at radius 1 is 1.09 bits per heavy atom. The van der Waals surface area contributed by atoms with E-state index in [4.69, 9.17) is 17.0 Å². The molecule has 1 aromatic rings. The fraction of sp³-hybridized carbons (Fsp3) is 0.600. The van der Waals surface area contributed by atoms with E-state index in [1.54, 1.807) is 0 Å². The van der Waals surface area contributed by atoms with Crippen LogP contribution in [0.4, 0.5) is 0 Å². The van der Waals surface area contributed by atoms with Crippen molar-refractivity contribution >= 4 is 30.4 Å². The Morgan fingerprint density at radius 3 is 1.91 bits per heavy atom. The SMILES string of the molecule is CN(C)N(C)[Si](C)(C)c1cccc(C(C)(C)C)c1O.[Cl][Zr][Cl]. The zero-order valence-electron chi connectivity index (χ0n) is 14.8. The molecule has 0 unspecified atom stereocenters. The van der Waals surface area contributed by atoms with Crippen molar-refractivity contribution in [1.29, 1.82) is 0 Å². The minimum atomic E-state index is -1.89. The molecule has 0 heterocycles. The van der Waals surface area contributed by atoms with E-state index < -0.39 is 29.1 Å². The number of halogens is 2. The maximum absolute atomic E-state index is 10.7. The predicted molar refractivity (Wildman–Crippen MR) is 97.1 cm³/mol. The molecule has 0 aromatic heterocycles. The number of nitrogens with zero attached hydrogens (tertiary/aromatic N) is 2. The summed E-state index contributed by atoms with van der Waals surface area (Å²) in [6.07, 6.45) is 0. The van der Waals surface area contributed by atoms with Gasteiger partial charge in [-0.2, -0.15) is 0 Å². The number of hydrogen-bond acceptors (Lipinski definition) is 3. The zero-order chi connectivity index (χ0) is 17.7. The third-order valence-corrected chi connectivity index (χ3v) is 7.65.